The molecule has 1 nitrogen and oxygen atoms in total. The Labute approximate surface area is 104 Å². The Hall–Kier alpha value is -0.0500. The van der Waals surface area contributed by atoms with Crippen molar-refractivity contribution in [3.05, 3.63) is 33.3 Å². The summed E-state index contributed by atoms with van der Waals surface area (Å²) in [5.74, 6) is 1.18. The minimum absolute atomic E-state index is 0.335. The van der Waals surface area contributed by atoms with Crippen molar-refractivity contribution in [3.8, 4) is 0 Å². The number of rotatable bonds is 2. The predicted octanol–water partition coefficient (Wildman–Crippen LogP) is 3.80. The van der Waals surface area contributed by atoms with Crippen molar-refractivity contribution in [1.29, 1.82) is 0 Å². The summed E-state index contributed by atoms with van der Waals surface area (Å²) in [7, 11) is 0. The topological polar surface area (TPSA) is 26.0 Å². The van der Waals surface area contributed by atoms with E-state index >= 15 is 0 Å². The molecule has 3 heteroatoms. The smallest absolute Gasteiger partial charge is 0.0548 e. The van der Waals surface area contributed by atoms with Gasteiger partial charge in [0.05, 0.1) is 5.02 Å². The fourth-order valence-corrected chi connectivity index (χ4v) is 3.07. The van der Waals surface area contributed by atoms with Gasteiger partial charge in [-0.1, -0.05) is 31.5 Å². The van der Waals surface area contributed by atoms with Gasteiger partial charge in [0.1, 0.15) is 0 Å². The molecule has 2 rings (SSSR count). The van der Waals surface area contributed by atoms with Crippen LogP contribution in [0.5, 0.6) is 0 Å². The van der Waals surface area contributed by atoms with E-state index in [-0.39, 0.29) is 0 Å². The monoisotopic (exact) mass is 287 g/mol. The third-order valence-electron chi connectivity index (χ3n) is 3.61. The van der Waals surface area contributed by atoms with E-state index < -0.39 is 0 Å². The second-order valence-electron chi connectivity index (χ2n) is 4.81. The third-order valence-corrected chi connectivity index (χ3v) is 4.82. The van der Waals surface area contributed by atoms with Gasteiger partial charge in [0, 0.05) is 4.47 Å². The van der Waals surface area contributed by atoms with Crippen LogP contribution in [-0.4, -0.2) is 6.54 Å². The highest BCUT2D eigenvalue weighted by molar-refractivity contribution is 9.10. The lowest BCUT2D eigenvalue weighted by molar-refractivity contribution is 0.558. The summed E-state index contributed by atoms with van der Waals surface area (Å²) < 4.78 is 0.972. The van der Waals surface area contributed by atoms with Crippen LogP contribution in [0.1, 0.15) is 25.3 Å². The van der Waals surface area contributed by atoms with Gasteiger partial charge >= 0.3 is 0 Å². The van der Waals surface area contributed by atoms with Crippen LogP contribution in [0, 0.1) is 11.3 Å². The molecule has 0 heterocycles. The van der Waals surface area contributed by atoms with Gasteiger partial charge in [-0.3, -0.25) is 0 Å². The lowest BCUT2D eigenvalue weighted by atomic mass is 10.0. The van der Waals surface area contributed by atoms with Crippen molar-refractivity contribution in [3.63, 3.8) is 0 Å². The van der Waals surface area contributed by atoms with Gasteiger partial charge in [-0.05, 0) is 57.4 Å². The Kier molecular flexibility index (Phi) is 2.87. The van der Waals surface area contributed by atoms with E-state index in [2.05, 4.69) is 41.9 Å². The summed E-state index contributed by atoms with van der Waals surface area (Å²) in [5.41, 5.74) is 7.44. The molecule has 0 aromatic heterocycles. The molecular weight excluding hydrogens is 273 g/mol. The summed E-state index contributed by atoms with van der Waals surface area (Å²) in [6.45, 7) is 5.31. The predicted molar refractivity (Wildman–Crippen MR) is 68.2 cm³/mol. The van der Waals surface area contributed by atoms with Crippen LogP contribution in [-0.2, 0) is 0 Å². The molecule has 0 bridgehead atoms. The molecule has 15 heavy (non-hydrogen) atoms. The van der Waals surface area contributed by atoms with Gasteiger partial charge in [0.2, 0.25) is 0 Å². The van der Waals surface area contributed by atoms with Crippen LogP contribution in [0.4, 0.5) is 0 Å². The first-order valence-corrected chi connectivity index (χ1v) is 6.30. The summed E-state index contributed by atoms with van der Waals surface area (Å²) >= 11 is 9.43. The highest BCUT2D eigenvalue weighted by Gasteiger charge is 2.57. The normalized spacial score (nSPS) is 27.8. The van der Waals surface area contributed by atoms with Gasteiger partial charge in [-0.2, -0.15) is 0 Å². The summed E-state index contributed by atoms with van der Waals surface area (Å²) in [6.07, 6.45) is 0. The maximum Gasteiger partial charge on any atom is 0.0548 e. The maximum absolute atomic E-state index is 5.98. The van der Waals surface area contributed by atoms with Crippen LogP contribution >= 0.6 is 27.5 Å². The molecule has 0 unspecified atom stereocenters. The molecule has 1 aromatic rings. The first-order valence-electron chi connectivity index (χ1n) is 5.13. The molecule has 0 aliphatic heterocycles. The fraction of sp³-hybridized carbons (Fsp3) is 0.500. The van der Waals surface area contributed by atoms with Crippen LogP contribution in [0.2, 0.25) is 5.02 Å². The van der Waals surface area contributed by atoms with E-state index in [0.717, 1.165) is 16.0 Å². The van der Waals surface area contributed by atoms with Crippen molar-refractivity contribution < 1.29 is 0 Å². The molecule has 1 fully saturated rings. The Bertz CT molecular complexity index is 389. The number of nitrogens with two attached hydrogens (primary N) is 1. The summed E-state index contributed by atoms with van der Waals surface area (Å²) in [4.78, 5) is 0. The lowest BCUT2D eigenvalue weighted by Gasteiger charge is -2.04. The molecular formula is C12H15BrClN. The molecule has 1 aliphatic rings. The molecule has 1 aliphatic carbocycles. The molecule has 82 valence electrons. The van der Waals surface area contributed by atoms with Crippen molar-refractivity contribution in [2.45, 2.75) is 19.8 Å². The molecule has 0 spiro atoms. The fourth-order valence-electron chi connectivity index (χ4n) is 2.55. The van der Waals surface area contributed by atoms with E-state index in [9.17, 15) is 0 Å². The SMILES string of the molecule is CC1(C)[C@H](CN)[C@H]1c1ccc(Cl)c(Br)c1. The number of hydrogen-bond donors (Lipinski definition) is 1. The maximum atomic E-state index is 5.98. The molecule has 0 saturated heterocycles. The Morgan fingerprint density at radius 1 is 1.47 bits per heavy atom. The summed E-state index contributed by atoms with van der Waals surface area (Å²) in [5, 5.41) is 0.765. The van der Waals surface area contributed by atoms with Gasteiger partial charge in [-0.15, -0.1) is 0 Å². The molecule has 2 atom stereocenters. The average molecular weight is 289 g/mol. The van der Waals surface area contributed by atoms with Gasteiger partial charge in [0.15, 0.2) is 0 Å². The van der Waals surface area contributed by atoms with Crippen molar-refractivity contribution in [2.75, 3.05) is 6.54 Å². The minimum atomic E-state index is 0.335. The highest BCUT2D eigenvalue weighted by Crippen LogP contribution is 2.64. The second kappa shape index (κ2) is 3.76. The first-order chi connectivity index (χ1) is 6.98. The molecule has 1 aromatic carbocycles. The minimum Gasteiger partial charge on any atom is -0.330 e. The number of benzene rings is 1. The molecule has 1 saturated carbocycles. The van der Waals surface area contributed by atoms with Gasteiger partial charge in [0.25, 0.3) is 0 Å². The Balaban J connectivity index is 2.29. The second-order valence-corrected chi connectivity index (χ2v) is 6.08. The van der Waals surface area contributed by atoms with E-state index in [0.29, 0.717) is 17.3 Å². The van der Waals surface area contributed by atoms with Crippen molar-refractivity contribution in [1.82, 2.24) is 0 Å². The van der Waals surface area contributed by atoms with Crippen LogP contribution in [0.15, 0.2) is 22.7 Å². The molecule has 2 N–H and O–H groups in total. The third kappa shape index (κ3) is 1.83. The van der Waals surface area contributed by atoms with Crippen LogP contribution in [0.25, 0.3) is 0 Å². The van der Waals surface area contributed by atoms with Gasteiger partial charge in [-0.25, -0.2) is 0 Å². The number of halogens is 2. The van der Waals surface area contributed by atoms with E-state index in [1.54, 1.807) is 0 Å². The summed E-state index contributed by atoms with van der Waals surface area (Å²) in [6, 6.07) is 6.17. The molecule has 0 radical (unpaired) electrons. The standard InChI is InChI=1S/C12H15BrClN/c1-12(2)8(6-15)11(12)7-3-4-10(14)9(13)5-7/h3-5,8,11H,6,15H2,1-2H3/t8-,11-/m1/s1. The Morgan fingerprint density at radius 3 is 2.60 bits per heavy atom. The highest BCUT2D eigenvalue weighted by atomic mass is 79.9. The Morgan fingerprint density at radius 2 is 2.13 bits per heavy atom. The van der Waals surface area contributed by atoms with E-state index in [1.165, 1.54) is 5.56 Å². The zero-order valence-electron chi connectivity index (χ0n) is 8.93. The average Bonchev–Trinajstić information content (AvgIpc) is 2.73. The van der Waals surface area contributed by atoms with Crippen LogP contribution in [0.3, 0.4) is 0 Å². The van der Waals surface area contributed by atoms with Crippen molar-refractivity contribution in [2.24, 2.45) is 17.1 Å². The quantitative estimate of drug-likeness (QED) is 0.880. The number of hydrogen-bond acceptors (Lipinski definition) is 1. The van der Waals surface area contributed by atoms with E-state index in [4.69, 9.17) is 17.3 Å². The zero-order chi connectivity index (χ0) is 11.2. The molecule has 0 amide bonds. The van der Waals surface area contributed by atoms with Crippen LogP contribution < -0.4 is 5.73 Å². The lowest BCUT2D eigenvalue weighted by Crippen LogP contribution is -2.05. The van der Waals surface area contributed by atoms with E-state index in [1.807, 2.05) is 6.07 Å². The van der Waals surface area contributed by atoms with Gasteiger partial charge < -0.3 is 5.73 Å². The zero-order valence-corrected chi connectivity index (χ0v) is 11.3. The largest absolute Gasteiger partial charge is 0.330 e. The van der Waals surface area contributed by atoms with Crippen molar-refractivity contribution >= 4 is 27.5 Å². The first kappa shape index (κ1) is 11.4.